The Bertz CT molecular complexity index is 574. The van der Waals surface area contributed by atoms with E-state index in [1.165, 1.54) is 4.68 Å². The Morgan fingerprint density at radius 3 is 2.71 bits per heavy atom. The second kappa shape index (κ2) is 4.58. The van der Waals surface area contributed by atoms with Crippen LogP contribution in [0.25, 0.3) is 0 Å². The van der Waals surface area contributed by atoms with Crippen molar-refractivity contribution in [1.82, 2.24) is 15.0 Å². The molecule has 0 aliphatic rings. The predicted octanol–water partition coefficient (Wildman–Crippen LogP) is 2.15. The van der Waals surface area contributed by atoms with Gasteiger partial charge < -0.3 is 5.73 Å². The van der Waals surface area contributed by atoms with E-state index < -0.39 is 0 Å². The standard InChI is InChI=1S/C10H8Br2N4O/c1-16-8(10(12)14-15-16)9(17)6-4-5(13)2-3-7(6)11/h2-4H,13H2,1H3. The van der Waals surface area contributed by atoms with E-state index in [4.69, 9.17) is 5.73 Å². The minimum atomic E-state index is -0.191. The fourth-order valence-electron chi connectivity index (χ4n) is 1.42. The van der Waals surface area contributed by atoms with Crippen LogP contribution in [0.2, 0.25) is 0 Å². The van der Waals surface area contributed by atoms with Gasteiger partial charge >= 0.3 is 0 Å². The average molecular weight is 360 g/mol. The number of ketones is 1. The molecule has 0 atom stereocenters. The number of carbonyl (C=O) groups is 1. The van der Waals surface area contributed by atoms with Crippen LogP contribution in [0, 0.1) is 0 Å². The van der Waals surface area contributed by atoms with Crippen LogP contribution in [0.3, 0.4) is 0 Å². The van der Waals surface area contributed by atoms with Crippen molar-refractivity contribution in [2.45, 2.75) is 0 Å². The summed E-state index contributed by atoms with van der Waals surface area (Å²) in [5.41, 5.74) is 7.07. The molecule has 0 amide bonds. The van der Waals surface area contributed by atoms with Gasteiger partial charge in [-0.3, -0.25) is 4.79 Å². The first-order valence-electron chi connectivity index (χ1n) is 4.65. The van der Waals surface area contributed by atoms with Crippen molar-refractivity contribution in [1.29, 1.82) is 0 Å². The number of aromatic nitrogens is 3. The number of halogens is 2. The molecule has 0 fully saturated rings. The SMILES string of the molecule is Cn1nnc(Br)c1C(=O)c1cc(N)ccc1Br. The predicted molar refractivity (Wildman–Crippen MR) is 70.7 cm³/mol. The fraction of sp³-hybridized carbons (Fsp3) is 0.100. The van der Waals surface area contributed by atoms with Crippen molar-refractivity contribution in [2.24, 2.45) is 7.05 Å². The van der Waals surface area contributed by atoms with E-state index in [0.29, 0.717) is 26.0 Å². The highest BCUT2D eigenvalue weighted by Gasteiger charge is 2.20. The lowest BCUT2D eigenvalue weighted by Gasteiger charge is -2.05. The molecule has 88 valence electrons. The molecule has 17 heavy (non-hydrogen) atoms. The smallest absolute Gasteiger partial charge is 0.215 e. The summed E-state index contributed by atoms with van der Waals surface area (Å²) in [6.45, 7) is 0. The second-order valence-corrected chi connectivity index (χ2v) is 5.03. The van der Waals surface area contributed by atoms with Gasteiger partial charge in [0.05, 0.1) is 0 Å². The molecule has 5 nitrogen and oxygen atoms in total. The first kappa shape index (κ1) is 12.3. The maximum atomic E-state index is 12.3. The topological polar surface area (TPSA) is 73.8 Å². The summed E-state index contributed by atoms with van der Waals surface area (Å²) in [6.07, 6.45) is 0. The molecule has 0 aliphatic carbocycles. The average Bonchev–Trinajstić information content (AvgIpc) is 2.61. The molecule has 1 aromatic carbocycles. The molecule has 2 aromatic rings. The van der Waals surface area contributed by atoms with Gasteiger partial charge in [0, 0.05) is 22.8 Å². The van der Waals surface area contributed by atoms with Crippen LogP contribution in [-0.2, 0) is 7.05 Å². The van der Waals surface area contributed by atoms with Crippen molar-refractivity contribution in [3.63, 3.8) is 0 Å². The highest BCUT2D eigenvalue weighted by atomic mass is 79.9. The van der Waals surface area contributed by atoms with Crippen molar-refractivity contribution in [3.05, 3.63) is 38.5 Å². The van der Waals surface area contributed by atoms with Gasteiger partial charge in [-0.1, -0.05) is 21.1 Å². The molecule has 1 aromatic heterocycles. The molecular formula is C10H8Br2N4O. The molecule has 0 bridgehead atoms. The molecule has 0 saturated heterocycles. The van der Waals surface area contributed by atoms with Gasteiger partial charge in [-0.2, -0.15) is 0 Å². The number of carbonyl (C=O) groups excluding carboxylic acids is 1. The van der Waals surface area contributed by atoms with Gasteiger partial charge in [0.2, 0.25) is 5.78 Å². The Labute approximate surface area is 114 Å². The summed E-state index contributed by atoms with van der Waals surface area (Å²) < 4.78 is 2.52. The maximum Gasteiger partial charge on any atom is 0.215 e. The van der Waals surface area contributed by atoms with E-state index in [-0.39, 0.29) is 5.78 Å². The molecule has 7 heteroatoms. The summed E-state index contributed by atoms with van der Waals surface area (Å²) in [6, 6.07) is 5.07. The fourth-order valence-corrected chi connectivity index (χ4v) is 2.35. The number of hydrogen-bond acceptors (Lipinski definition) is 4. The third kappa shape index (κ3) is 2.25. The quantitative estimate of drug-likeness (QED) is 0.658. The minimum absolute atomic E-state index is 0.191. The third-order valence-corrected chi connectivity index (χ3v) is 3.46. The van der Waals surface area contributed by atoms with Crippen LogP contribution in [0.1, 0.15) is 16.1 Å². The summed E-state index contributed by atoms with van der Waals surface area (Å²) in [7, 11) is 1.66. The van der Waals surface area contributed by atoms with Gasteiger partial charge in [-0.15, -0.1) is 5.10 Å². The molecule has 2 rings (SSSR count). The number of benzene rings is 1. The Kier molecular flexibility index (Phi) is 3.30. The van der Waals surface area contributed by atoms with Gasteiger partial charge in [0.1, 0.15) is 5.69 Å². The first-order valence-corrected chi connectivity index (χ1v) is 6.24. The van der Waals surface area contributed by atoms with Crippen LogP contribution < -0.4 is 5.73 Å². The van der Waals surface area contributed by atoms with Gasteiger partial charge in [-0.05, 0) is 34.1 Å². The van der Waals surface area contributed by atoms with E-state index in [2.05, 4.69) is 42.2 Å². The zero-order valence-electron chi connectivity index (χ0n) is 8.82. The number of hydrogen-bond donors (Lipinski definition) is 1. The van der Waals surface area contributed by atoms with Crippen LogP contribution in [0.4, 0.5) is 5.69 Å². The zero-order chi connectivity index (χ0) is 12.6. The summed E-state index contributed by atoms with van der Waals surface area (Å²) in [4.78, 5) is 12.3. The van der Waals surface area contributed by atoms with E-state index in [9.17, 15) is 4.79 Å². The number of anilines is 1. The van der Waals surface area contributed by atoms with Crippen molar-refractivity contribution in [3.8, 4) is 0 Å². The Morgan fingerprint density at radius 2 is 2.12 bits per heavy atom. The van der Waals surface area contributed by atoms with Crippen LogP contribution >= 0.6 is 31.9 Å². The molecule has 0 saturated carbocycles. The van der Waals surface area contributed by atoms with Crippen LogP contribution in [0.5, 0.6) is 0 Å². The summed E-state index contributed by atoms with van der Waals surface area (Å²) >= 11 is 6.52. The number of aryl methyl sites for hydroxylation is 1. The highest BCUT2D eigenvalue weighted by molar-refractivity contribution is 9.10. The van der Waals surface area contributed by atoms with Gasteiger partial charge in [0.15, 0.2) is 4.60 Å². The molecule has 0 aliphatic heterocycles. The lowest BCUT2D eigenvalue weighted by atomic mass is 10.1. The number of nitrogen functional groups attached to an aromatic ring is 1. The van der Waals surface area contributed by atoms with E-state index in [1.54, 1.807) is 25.2 Å². The second-order valence-electron chi connectivity index (χ2n) is 3.42. The monoisotopic (exact) mass is 358 g/mol. The molecule has 0 unspecified atom stereocenters. The zero-order valence-corrected chi connectivity index (χ0v) is 12.0. The molecule has 0 radical (unpaired) electrons. The van der Waals surface area contributed by atoms with Crippen molar-refractivity contribution < 1.29 is 4.79 Å². The number of nitrogens with two attached hydrogens (primary N) is 1. The largest absolute Gasteiger partial charge is 0.399 e. The lowest BCUT2D eigenvalue weighted by Crippen LogP contribution is -2.10. The summed E-state index contributed by atoms with van der Waals surface area (Å²) in [5.74, 6) is -0.191. The van der Waals surface area contributed by atoms with Gasteiger partial charge in [-0.25, -0.2) is 4.68 Å². The lowest BCUT2D eigenvalue weighted by molar-refractivity contribution is 0.102. The normalized spacial score (nSPS) is 10.5. The van der Waals surface area contributed by atoms with E-state index in [0.717, 1.165) is 0 Å². The number of nitrogens with zero attached hydrogens (tertiary/aromatic N) is 3. The minimum Gasteiger partial charge on any atom is -0.399 e. The molecule has 0 spiro atoms. The van der Waals surface area contributed by atoms with E-state index >= 15 is 0 Å². The first-order chi connectivity index (χ1) is 8.00. The third-order valence-electron chi connectivity index (χ3n) is 2.24. The highest BCUT2D eigenvalue weighted by Crippen LogP contribution is 2.24. The summed E-state index contributed by atoms with van der Waals surface area (Å²) in [5, 5.41) is 7.54. The molecule has 2 N–H and O–H groups in total. The van der Waals surface area contributed by atoms with Crippen LogP contribution in [-0.4, -0.2) is 20.8 Å². The van der Waals surface area contributed by atoms with Gasteiger partial charge in [0.25, 0.3) is 0 Å². The Morgan fingerprint density at radius 1 is 1.41 bits per heavy atom. The van der Waals surface area contributed by atoms with Crippen molar-refractivity contribution >= 4 is 43.3 Å². The Hall–Kier alpha value is -1.21. The van der Waals surface area contributed by atoms with Crippen molar-refractivity contribution in [2.75, 3.05) is 5.73 Å². The number of rotatable bonds is 2. The van der Waals surface area contributed by atoms with E-state index in [1.807, 2.05) is 0 Å². The Balaban J connectivity index is 2.55. The molecular weight excluding hydrogens is 352 g/mol. The maximum absolute atomic E-state index is 12.3. The molecule has 1 heterocycles. The van der Waals surface area contributed by atoms with Crippen LogP contribution in [0.15, 0.2) is 27.3 Å².